The molecule has 2 nitrogen and oxygen atoms in total. The molecule has 0 aromatic heterocycles. The summed E-state index contributed by atoms with van der Waals surface area (Å²) in [6.45, 7) is 5.31. The van der Waals surface area contributed by atoms with Crippen molar-refractivity contribution in [3.05, 3.63) is 34.9 Å². The van der Waals surface area contributed by atoms with Crippen molar-refractivity contribution in [2.45, 2.75) is 26.4 Å². The lowest BCUT2D eigenvalue weighted by Crippen LogP contribution is -2.15. The summed E-state index contributed by atoms with van der Waals surface area (Å²) in [6, 6.07) is 5.38. The number of hydrogen-bond acceptors (Lipinski definition) is 2. The van der Waals surface area contributed by atoms with Crippen LogP contribution in [0.3, 0.4) is 0 Å². The highest BCUT2D eigenvalue weighted by molar-refractivity contribution is 5.75. The minimum atomic E-state index is -0.885. The van der Waals surface area contributed by atoms with E-state index in [1.165, 1.54) is 0 Å². The molecule has 0 bridgehead atoms. The van der Waals surface area contributed by atoms with Crippen LogP contribution in [0.5, 0.6) is 0 Å². The molecule has 0 saturated carbocycles. The fourth-order valence-corrected chi connectivity index (χ4v) is 1.23. The average molecular weight is 178 g/mol. The third-order valence-electron chi connectivity index (χ3n) is 1.94. The van der Waals surface area contributed by atoms with E-state index in [2.05, 4.69) is 0 Å². The van der Waals surface area contributed by atoms with Gasteiger partial charge in [0.25, 0.3) is 0 Å². The maximum absolute atomic E-state index is 10.6. The predicted molar refractivity (Wildman–Crippen MR) is 51.8 cm³/mol. The molecule has 13 heavy (non-hydrogen) atoms. The minimum absolute atomic E-state index is 0.608. The highest BCUT2D eigenvalue weighted by Gasteiger charge is 2.16. The van der Waals surface area contributed by atoms with Crippen LogP contribution in [-0.4, -0.2) is 11.4 Å². The van der Waals surface area contributed by atoms with Crippen LogP contribution < -0.4 is 0 Å². The summed E-state index contributed by atoms with van der Waals surface area (Å²) in [4.78, 5) is 10.6. The summed E-state index contributed by atoms with van der Waals surface area (Å²) >= 11 is 0. The molecule has 70 valence electrons. The van der Waals surface area contributed by atoms with Crippen LogP contribution in [0.25, 0.3) is 0 Å². The Labute approximate surface area is 78.2 Å². The fraction of sp³-hybridized carbons (Fsp3) is 0.364. The van der Waals surface area contributed by atoms with E-state index in [1.807, 2.05) is 13.0 Å². The molecular weight excluding hydrogens is 164 g/mol. The van der Waals surface area contributed by atoms with Crippen LogP contribution in [0, 0.1) is 6.92 Å². The van der Waals surface area contributed by atoms with Crippen molar-refractivity contribution < 1.29 is 9.90 Å². The quantitative estimate of drug-likeness (QED) is 0.703. The van der Waals surface area contributed by atoms with Crippen LogP contribution in [0.4, 0.5) is 0 Å². The van der Waals surface area contributed by atoms with E-state index in [1.54, 1.807) is 26.0 Å². The summed E-state index contributed by atoms with van der Waals surface area (Å²) in [5.74, 6) is 0. The summed E-state index contributed by atoms with van der Waals surface area (Å²) in [7, 11) is 0. The van der Waals surface area contributed by atoms with Gasteiger partial charge in [0.2, 0.25) is 0 Å². The maximum atomic E-state index is 10.6. The van der Waals surface area contributed by atoms with E-state index in [4.69, 9.17) is 0 Å². The van der Waals surface area contributed by atoms with Gasteiger partial charge in [-0.3, -0.25) is 4.79 Å². The molecule has 2 heteroatoms. The molecule has 0 fully saturated rings. The lowest BCUT2D eigenvalue weighted by molar-refractivity contribution is 0.0785. The normalized spacial score (nSPS) is 11.4. The minimum Gasteiger partial charge on any atom is -0.386 e. The Balaban J connectivity index is 3.24. The second-order valence-electron chi connectivity index (χ2n) is 3.81. The van der Waals surface area contributed by atoms with Gasteiger partial charge < -0.3 is 5.11 Å². The molecule has 0 atom stereocenters. The predicted octanol–water partition coefficient (Wildman–Crippen LogP) is 2.03. The Bertz CT molecular complexity index is 321. The van der Waals surface area contributed by atoms with E-state index in [-0.39, 0.29) is 0 Å². The Kier molecular flexibility index (Phi) is 2.52. The molecule has 1 rings (SSSR count). The van der Waals surface area contributed by atoms with Gasteiger partial charge in [0, 0.05) is 5.56 Å². The molecule has 0 saturated heterocycles. The van der Waals surface area contributed by atoms with Crippen molar-refractivity contribution in [2.24, 2.45) is 0 Å². The number of benzene rings is 1. The molecule has 0 unspecified atom stereocenters. The zero-order chi connectivity index (χ0) is 10.1. The zero-order valence-corrected chi connectivity index (χ0v) is 8.16. The van der Waals surface area contributed by atoms with E-state index in [9.17, 15) is 9.90 Å². The smallest absolute Gasteiger partial charge is 0.150 e. The van der Waals surface area contributed by atoms with Gasteiger partial charge in [0.1, 0.15) is 6.29 Å². The summed E-state index contributed by atoms with van der Waals surface area (Å²) in [5, 5.41) is 9.72. The van der Waals surface area contributed by atoms with E-state index in [0.717, 1.165) is 17.4 Å². The molecule has 0 aliphatic carbocycles. The first-order valence-corrected chi connectivity index (χ1v) is 4.23. The average Bonchev–Trinajstić information content (AvgIpc) is 2.01. The van der Waals surface area contributed by atoms with Crippen molar-refractivity contribution in [3.8, 4) is 0 Å². The fourth-order valence-electron chi connectivity index (χ4n) is 1.23. The lowest BCUT2D eigenvalue weighted by atomic mass is 9.95. The highest BCUT2D eigenvalue weighted by Crippen LogP contribution is 2.21. The Morgan fingerprint density at radius 1 is 1.31 bits per heavy atom. The van der Waals surface area contributed by atoms with Crippen molar-refractivity contribution >= 4 is 6.29 Å². The SMILES string of the molecule is Cc1cc(C=O)cc(C(C)(C)O)c1. The number of hydrogen-bond donors (Lipinski definition) is 1. The lowest BCUT2D eigenvalue weighted by Gasteiger charge is -2.18. The molecule has 0 aliphatic rings. The van der Waals surface area contributed by atoms with Gasteiger partial charge >= 0.3 is 0 Å². The number of carbonyl (C=O) groups is 1. The van der Waals surface area contributed by atoms with Gasteiger partial charge in [-0.2, -0.15) is 0 Å². The van der Waals surface area contributed by atoms with Gasteiger partial charge in [-0.1, -0.05) is 11.6 Å². The molecule has 0 amide bonds. The van der Waals surface area contributed by atoms with Gasteiger partial charge in [-0.05, 0) is 38.5 Å². The van der Waals surface area contributed by atoms with E-state index >= 15 is 0 Å². The monoisotopic (exact) mass is 178 g/mol. The van der Waals surface area contributed by atoms with Crippen LogP contribution in [-0.2, 0) is 5.60 Å². The van der Waals surface area contributed by atoms with E-state index < -0.39 is 5.60 Å². The van der Waals surface area contributed by atoms with Crippen molar-refractivity contribution in [1.29, 1.82) is 0 Å². The summed E-state index contributed by atoms with van der Waals surface area (Å²) in [5.41, 5.74) is 1.48. The Hall–Kier alpha value is -1.15. The van der Waals surface area contributed by atoms with Crippen molar-refractivity contribution in [2.75, 3.05) is 0 Å². The largest absolute Gasteiger partial charge is 0.386 e. The van der Waals surface area contributed by atoms with Crippen LogP contribution in [0.15, 0.2) is 18.2 Å². The summed E-state index contributed by atoms with van der Waals surface area (Å²) in [6.07, 6.45) is 0.794. The molecule has 1 aromatic carbocycles. The second-order valence-corrected chi connectivity index (χ2v) is 3.81. The van der Waals surface area contributed by atoms with Crippen LogP contribution in [0.1, 0.15) is 35.3 Å². The first kappa shape index (κ1) is 9.93. The molecule has 0 radical (unpaired) electrons. The Morgan fingerprint density at radius 3 is 2.38 bits per heavy atom. The van der Waals surface area contributed by atoms with E-state index in [0.29, 0.717) is 5.56 Å². The second kappa shape index (κ2) is 3.30. The van der Waals surface area contributed by atoms with Gasteiger partial charge in [-0.15, -0.1) is 0 Å². The number of rotatable bonds is 2. The first-order chi connectivity index (χ1) is 5.93. The molecule has 0 aliphatic heterocycles. The number of aryl methyl sites for hydroxylation is 1. The molecule has 1 N–H and O–H groups in total. The number of carbonyl (C=O) groups excluding carboxylic acids is 1. The molecule has 1 aromatic rings. The standard InChI is InChI=1S/C11H14O2/c1-8-4-9(7-12)6-10(5-8)11(2,3)13/h4-7,13H,1-3H3. The molecule has 0 spiro atoms. The number of aldehydes is 1. The van der Waals surface area contributed by atoms with Crippen LogP contribution in [0.2, 0.25) is 0 Å². The summed E-state index contributed by atoms with van der Waals surface area (Å²) < 4.78 is 0. The first-order valence-electron chi connectivity index (χ1n) is 4.23. The zero-order valence-electron chi connectivity index (χ0n) is 8.16. The topological polar surface area (TPSA) is 37.3 Å². The van der Waals surface area contributed by atoms with Gasteiger partial charge in [0.15, 0.2) is 0 Å². The van der Waals surface area contributed by atoms with Crippen molar-refractivity contribution in [3.63, 3.8) is 0 Å². The Morgan fingerprint density at radius 2 is 1.92 bits per heavy atom. The molecule has 0 heterocycles. The maximum Gasteiger partial charge on any atom is 0.150 e. The number of aliphatic hydroxyl groups is 1. The van der Waals surface area contributed by atoms with Gasteiger partial charge in [0.05, 0.1) is 5.60 Å². The molecular formula is C11H14O2. The highest BCUT2D eigenvalue weighted by atomic mass is 16.3. The third kappa shape index (κ3) is 2.39. The van der Waals surface area contributed by atoms with Gasteiger partial charge in [-0.25, -0.2) is 0 Å². The third-order valence-corrected chi connectivity index (χ3v) is 1.94. The van der Waals surface area contributed by atoms with Crippen molar-refractivity contribution in [1.82, 2.24) is 0 Å². The van der Waals surface area contributed by atoms with Crippen LogP contribution >= 0.6 is 0 Å².